The Morgan fingerprint density at radius 3 is 2.65 bits per heavy atom. The maximum absolute atomic E-state index is 13.5. The van der Waals surface area contributed by atoms with Gasteiger partial charge in [0.05, 0.1) is 12.5 Å². The number of nitrogens with zero attached hydrogens (tertiary/aromatic N) is 2. The Hall–Kier alpha value is -1.45. The minimum atomic E-state index is -3.81. The smallest absolute Gasteiger partial charge is 0.248 e. The summed E-state index contributed by atoms with van der Waals surface area (Å²) in [5, 5.41) is 6.69. The van der Waals surface area contributed by atoms with E-state index in [2.05, 4.69) is 10.5 Å². The second kappa shape index (κ2) is 8.06. The number of sulfonamides is 1. The van der Waals surface area contributed by atoms with Crippen molar-refractivity contribution in [2.24, 2.45) is 5.92 Å². The zero-order chi connectivity index (χ0) is 18.7. The predicted octanol–water partition coefficient (Wildman–Crippen LogP) is 1.38. The van der Waals surface area contributed by atoms with Gasteiger partial charge in [-0.25, -0.2) is 8.42 Å². The van der Waals surface area contributed by atoms with Crippen LogP contribution in [-0.2, 0) is 19.6 Å². The van der Waals surface area contributed by atoms with Crippen LogP contribution >= 0.6 is 0 Å². The molecule has 1 saturated heterocycles. The Morgan fingerprint density at radius 2 is 1.92 bits per heavy atom. The standard InChI is InChI=1S/C17H27N3O5S/c1-12-16(13(2)25-19-12)26(22,23)20-9-5-10-24-11-8-18-17(21)14-6-3-4-7-15(14)20/h14-15H,3-11H2,1-2H3,(H,18,21)/t14-,15+/m1/s1. The summed E-state index contributed by atoms with van der Waals surface area (Å²) < 4.78 is 39.0. The third-order valence-electron chi connectivity index (χ3n) is 5.18. The highest BCUT2D eigenvalue weighted by Gasteiger charge is 2.42. The molecule has 1 aliphatic carbocycles. The molecule has 1 aromatic rings. The number of amides is 1. The molecule has 2 aliphatic rings. The van der Waals surface area contributed by atoms with Gasteiger partial charge >= 0.3 is 0 Å². The van der Waals surface area contributed by atoms with Crippen molar-refractivity contribution >= 4 is 15.9 Å². The van der Waals surface area contributed by atoms with Crippen molar-refractivity contribution in [1.29, 1.82) is 0 Å². The second-order valence-corrected chi connectivity index (χ2v) is 8.81. The third kappa shape index (κ3) is 3.79. The molecular formula is C17H27N3O5S. The Morgan fingerprint density at radius 1 is 1.15 bits per heavy atom. The zero-order valence-corrected chi connectivity index (χ0v) is 16.2. The summed E-state index contributed by atoms with van der Waals surface area (Å²) in [6, 6.07) is -0.347. The predicted molar refractivity (Wildman–Crippen MR) is 94.1 cm³/mol. The van der Waals surface area contributed by atoms with Gasteiger partial charge in [-0.3, -0.25) is 4.79 Å². The van der Waals surface area contributed by atoms with E-state index >= 15 is 0 Å². The average molecular weight is 385 g/mol. The molecule has 0 spiro atoms. The lowest BCUT2D eigenvalue weighted by Gasteiger charge is -2.38. The molecule has 2 atom stereocenters. The van der Waals surface area contributed by atoms with Crippen molar-refractivity contribution in [2.45, 2.75) is 56.9 Å². The van der Waals surface area contributed by atoms with Crippen LogP contribution in [0.2, 0.25) is 0 Å². The van der Waals surface area contributed by atoms with E-state index in [1.54, 1.807) is 13.8 Å². The van der Waals surface area contributed by atoms with Gasteiger partial charge in [-0.05, 0) is 33.1 Å². The Kier molecular flexibility index (Phi) is 5.99. The summed E-state index contributed by atoms with van der Waals surface area (Å²) in [7, 11) is -3.81. The van der Waals surface area contributed by atoms with E-state index in [-0.39, 0.29) is 28.5 Å². The molecule has 9 heteroatoms. The number of hydrogen-bond donors (Lipinski definition) is 1. The number of aromatic nitrogens is 1. The molecule has 26 heavy (non-hydrogen) atoms. The van der Waals surface area contributed by atoms with Crippen molar-refractivity contribution in [3.05, 3.63) is 11.5 Å². The van der Waals surface area contributed by atoms with Gasteiger partial charge in [-0.2, -0.15) is 4.31 Å². The van der Waals surface area contributed by atoms with Crippen molar-refractivity contribution in [3.63, 3.8) is 0 Å². The lowest BCUT2D eigenvalue weighted by Crippen LogP contribution is -2.51. The van der Waals surface area contributed by atoms with Gasteiger partial charge < -0.3 is 14.6 Å². The summed E-state index contributed by atoms with van der Waals surface area (Å²) >= 11 is 0. The fraction of sp³-hybridized carbons (Fsp3) is 0.765. The van der Waals surface area contributed by atoms with Gasteiger partial charge in [0.25, 0.3) is 0 Å². The molecule has 2 heterocycles. The summed E-state index contributed by atoms with van der Waals surface area (Å²) in [5.74, 6) is -0.138. The van der Waals surface area contributed by atoms with Crippen LogP contribution in [0.4, 0.5) is 0 Å². The molecule has 1 aromatic heterocycles. The zero-order valence-electron chi connectivity index (χ0n) is 15.4. The van der Waals surface area contributed by atoms with Gasteiger partial charge in [-0.1, -0.05) is 18.0 Å². The lowest BCUT2D eigenvalue weighted by molar-refractivity contribution is -0.127. The summed E-state index contributed by atoms with van der Waals surface area (Å²) in [4.78, 5) is 12.8. The van der Waals surface area contributed by atoms with Crippen LogP contribution < -0.4 is 5.32 Å². The Balaban J connectivity index is 2.00. The number of rotatable bonds is 2. The fourth-order valence-corrected chi connectivity index (χ4v) is 6.01. The molecule has 0 unspecified atom stereocenters. The van der Waals surface area contributed by atoms with E-state index in [4.69, 9.17) is 9.26 Å². The van der Waals surface area contributed by atoms with Crippen LogP contribution in [0.25, 0.3) is 0 Å². The van der Waals surface area contributed by atoms with Gasteiger partial charge in [-0.15, -0.1) is 0 Å². The first kappa shape index (κ1) is 19.3. The first-order chi connectivity index (χ1) is 12.4. The monoisotopic (exact) mass is 385 g/mol. The lowest BCUT2D eigenvalue weighted by atomic mass is 9.83. The fourth-order valence-electron chi connectivity index (χ4n) is 3.99. The van der Waals surface area contributed by atoms with E-state index in [0.717, 1.165) is 12.8 Å². The molecule has 2 fully saturated rings. The number of nitrogens with one attached hydrogen (secondary N) is 1. The highest BCUT2D eigenvalue weighted by atomic mass is 32.2. The quantitative estimate of drug-likeness (QED) is 0.825. The highest BCUT2D eigenvalue weighted by molar-refractivity contribution is 7.89. The molecule has 0 radical (unpaired) electrons. The van der Waals surface area contributed by atoms with Crippen LogP contribution in [-0.4, -0.2) is 56.1 Å². The molecule has 0 aromatic carbocycles. The van der Waals surface area contributed by atoms with Gasteiger partial charge in [0, 0.05) is 25.7 Å². The van der Waals surface area contributed by atoms with Crippen molar-refractivity contribution in [2.75, 3.05) is 26.3 Å². The molecule has 1 saturated carbocycles. The number of hydrogen-bond acceptors (Lipinski definition) is 6. The molecule has 1 N–H and O–H groups in total. The Bertz CT molecular complexity index is 726. The molecule has 0 bridgehead atoms. The number of carbonyl (C=O) groups excluding carboxylic acids is 1. The van der Waals surface area contributed by atoms with Crippen LogP contribution in [0.5, 0.6) is 0 Å². The molecule has 1 amide bonds. The highest BCUT2D eigenvalue weighted by Crippen LogP contribution is 2.34. The first-order valence-electron chi connectivity index (χ1n) is 9.23. The minimum absolute atomic E-state index is 0.0841. The van der Waals surface area contributed by atoms with Crippen LogP contribution in [0.1, 0.15) is 43.6 Å². The largest absolute Gasteiger partial charge is 0.380 e. The number of fused-ring (bicyclic) bond motifs is 1. The van der Waals surface area contributed by atoms with Crippen LogP contribution in [0.15, 0.2) is 9.42 Å². The van der Waals surface area contributed by atoms with Crippen LogP contribution in [0.3, 0.4) is 0 Å². The van der Waals surface area contributed by atoms with E-state index in [1.165, 1.54) is 4.31 Å². The second-order valence-electron chi connectivity index (χ2n) is 6.98. The van der Waals surface area contributed by atoms with E-state index in [9.17, 15) is 13.2 Å². The summed E-state index contributed by atoms with van der Waals surface area (Å²) in [5.41, 5.74) is 0.352. The number of aryl methyl sites for hydroxylation is 2. The SMILES string of the molecule is Cc1noc(C)c1S(=O)(=O)N1CCCOCCNC(=O)[C@@H]2CCCC[C@@H]21. The topological polar surface area (TPSA) is 102 Å². The summed E-state index contributed by atoms with van der Waals surface area (Å²) in [6.07, 6.45) is 3.81. The van der Waals surface area contributed by atoms with E-state index < -0.39 is 10.0 Å². The normalized spacial score (nSPS) is 26.6. The minimum Gasteiger partial charge on any atom is -0.380 e. The molecule has 1 aliphatic heterocycles. The van der Waals surface area contributed by atoms with Crippen molar-refractivity contribution in [3.8, 4) is 0 Å². The van der Waals surface area contributed by atoms with E-state index in [1.807, 2.05) is 0 Å². The maximum atomic E-state index is 13.5. The Labute approximate surface area is 154 Å². The molecule has 8 nitrogen and oxygen atoms in total. The van der Waals surface area contributed by atoms with E-state index in [0.29, 0.717) is 51.3 Å². The number of ether oxygens (including phenoxy) is 1. The van der Waals surface area contributed by atoms with Crippen molar-refractivity contribution < 1.29 is 22.5 Å². The summed E-state index contributed by atoms with van der Waals surface area (Å²) in [6.45, 7) is 4.91. The molecule has 146 valence electrons. The van der Waals surface area contributed by atoms with Gasteiger partial charge in [0.2, 0.25) is 15.9 Å². The average Bonchev–Trinajstić information content (AvgIpc) is 2.94. The third-order valence-corrected chi connectivity index (χ3v) is 7.35. The molecular weight excluding hydrogens is 358 g/mol. The first-order valence-corrected chi connectivity index (χ1v) is 10.7. The maximum Gasteiger partial charge on any atom is 0.248 e. The molecule has 3 rings (SSSR count). The number of carbonyl (C=O) groups is 1. The van der Waals surface area contributed by atoms with Crippen LogP contribution in [0, 0.1) is 19.8 Å². The van der Waals surface area contributed by atoms with Gasteiger partial charge in [0.15, 0.2) is 5.76 Å². The van der Waals surface area contributed by atoms with Crippen molar-refractivity contribution in [1.82, 2.24) is 14.8 Å². The van der Waals surface area contributed by atoms with Gasteiger partial charge in [0.1, 0.15) is 10.6 Å².